The van der Waals surface area contributed by atoms with Crippen LogP contribution in [0.15, 0.2) is 53.1 Å². The summed E-state index contributed by atoms with van der Waals surface area (Å²) >= 11 is 0. The highest BCUT2D eigenvalue weighted by Crippen LogP contribution is 2.19. The summed E-state index contributed by atoms with van der Waals surface area (Å²) in [5, 5.41) is 6.46. The van der Waals surface area contributed by atoms with Gasteiger partial charge in [-0.2, -0.15) is 4.98 Å². The summed E-state index contributed by atoms with van der Waals surface area (Å²) in [6, 6.07) is 12.3. The minimum Gasteiger partial charge on any atom is -0.378 e. The molecule has 3 aromatic rings. The van der Waals surface area contributed by atoms with E-state index >= 15 is 0 Å². The highest BCUT2D eigenvalue weighted by atomic mass is 19.1. The number of aromatic nitrogens is 2. The van der Waals surface area contributed by atoms with Crippen LogP contribution in [0.5, 0.6) is 0 Å². The number of carbonyl (C=O) groups is 2. The fourth-order valence-electron chi connectivity index (χ4n) is 3.03. The zero-order valence-corrected chi connectivity index (χ0v) is 16.0. The Kier molecular flexibility index (Phi) is 5.80. The number of carbonyl (C=O) groups excluding carboxylic acids is 2. The number of morpholine rings is 1. The van der Waals surface area contributed by atoms with Gasteiger partial charge in [0.25, 0.3) is 11.8 Å². The molecule has 0 unspecified atom stereocenters. The van der Waals surface area contributed by atoms with E-state index in [1.54, 1.807) is 29.2 Å². The predicted molar refractivity (Wildman–Crippen MR) is 105 cm³/mol. The fraction of sp³-hybridized carbons (Fsp3) is 0.238. The standard InChI is InChI=1S/C21H19FN4O4/c22-16-5-7-17(8-6-16)23-19(27)13-18-24-20(30-25-18)14-1-3-15(4-2-14)21(28)26-9-11-29-12-10-26/h1-8H,9-13H2,(H,23,27). The molecule has 0 bridgehead atoms. The number of nitrogens with one attached hydrogen (secondary N) is 1. The molecule has 0 atom stereocenters. The first-order valence-corrected chi connectivity index (χ1v) is 9.44. The lowest BCUT2D eigenvalue weighted by Gasteiger charge is -2.26. The quantitative estimate of drug-likeness (QED) is 0.694. The van der Waals surface area contributed by atoms with E-state index in [-0.39, 0.29) is 35.8 Å². The van der Waals surface area contributed by atoms with Crippen molar-refractivity contribution in [3.63, 3.8) is 0 Å². The topological polar surface area (TPSA) is 97.6 Å². The third-order valence-corrected chi connectivity index (χ3v) is 4.59. The Labute approximate surface area is 171 Å². The smallest absolute Gasteiger partial charge is 0.257 e. The van der Waals surface area contributed by atoms with Gasteiger partial charge in [0.05, 0.1) is 19.6 Å². The molecular formula is C21H19FN4O4. The molecule has 1 aromatic heterocycles. The van der Waals surface area contributed by atoms with Gasteiger partial charge in [0.2, 0.25) is 5.91 Å². The van der Waals surface area contributed by atoms with Crippen LogP contribution in [-0.4, -0.2) is 53.2 Å². The first-order valence-electron chi connectivity index (χ1n) is 9.44. The molecule has 2 amide bonds. The molecule has 8 nitrogen and oxygen atoms in total. The Hall–Kier alpha value is -3.59. The van der Waals surface area contributed by atoms with Crippen molar-refractivity contribution in [3.8, 4) is 11.5 Å². The van der Waals surface area contributed by atoms with Crippen molar-refractivity contribution in [2.45, 2.75) is 6.42 Å². The van der Waals surface area contributed by atoms with Gasteiger partial charge < -0.3 is 19.5 Å². The molecule has 0 radical (unpaired) electrons. The van der Waals surface area contributed by atoms with Crippen LogP contribution in [-0.2, 0) is 16.0 Å². The molecule has 9 heteroatoms. The Morgan fingerprint density at radius 2 is 1.73 bits per heavy atom. The molecule has 154 valence electrons. The lowest BCUT2D eigenvalue weighted by Crippen LogP contribution is -2.40. The molecule has 1 N–H and O–H groups in total. The van der Waals surface area contributed by atoms with E-state index in [4.69, 9.17) is 9.26 Å². The van der Waals surface area contributed by atoms with Gasteiger partial charge in [-0.25, -0.2) is 4.39 Å². The predicted octanol–water partition coefficient (Wildman–Crippen LogP) is 2.53. The fourth-order valence-corrected chi connectivity index (χ4v) is 3.03. The number of ether oxygens (including phenoxy) is 1. The average molecular weight is 410 g/mol. The van der Waals surface area contributed by atoms with Crippen molar-refractivity contribution < 1.29 is 23.2 Å². The summed E-state index contributed by atoms with van der Waals surface area (Å²) in [5.41, 5.74) is 1.69. The van der Waals surface area contributed by atoms with Gasteiger partial charge in [-0.15, -0.1) is 0 Å². The van der Waals surface area contributed by atoms with Crippen molar-refractivity contribution in [1.82, 2.24) is 15.0 Å². The lowest BCUT2D eigenvalue weighted by molar-refractivity contribution is -0.115. The number of hydrogen-bond acceptors (Lipinski definition) is 6. The Morgan fingerprint density at radius 3 is 2.43 bits per heavy atom. The molecule has 4 rings (SSSR count). The van der Waals surface area contributed by atoms with Gasteiger partial charge >= 0.3 is 0 Å². The van der Waals surface area contributed by atoms with Crippen LogP contribution in [0.2, 0.25) is 0 Å². The monoisotopic (exact) mass is 410 g/mol. The van der Waals surface area contributed by atoms with Gasteiger partial charge in [0.1, 0.15) is 5.82 Å². The summed E-state index contributed by atoms with van der Waals surface area (Å²) < 4.78 is 23.4. The minimum atomic E-state index is -0.381. The third-order valence-electron chi connectivity index (χ3n) is 4.59. The summed E-state index contributed by atoms with van der Waals surface area (Å²) in [4.78, 5) is 30.6. The maximum Gasteiger partial charge on any atom is 0.257 e. The first-order chi connectivity index (χ1) is 14.6. The summed E-state index contributed by atoms with van der Waals surface area (Å²) in [7, 11) is 0. The van der Waals surface area contributed by atoms with Gasteiger partial charge in [0.15, 0.2) is 5.82 Å². The van der Waals surface area contributed by atoms with E-state index < -0.39 is 0 Å². The molecule has 2 aromatic carbocycles. The van der Waals surface area contributed by atoms with Crippen LogP contribution in [0.1, 0.15) is 16.2 Å². The molecule has 1 aliphatic rings. The number of rotatable bonds is 5. The Morgan fingerprint density at radius 1 is 1.03 bits per heavy atom. The molecule has 30 heavy (non-hydrogen) atoms. The highest BCUT2D eigenvalue weighted by Gasteiger charge is 2.19. The molecule has 1 fully saturated rings. The van der Waals surface area contributed by atoms with Crippen molar-refractivity contribution >= 4 is 17.5 Å². The molecule has 0 saturated carbocycles. The van der Waals surface area contributed by atoms with Gasteiger partial charge in [-0.05, 0) is 48.5 Å². The number of amides is 2. The molecular weight excluding hydrogens is 391 g/mol. The van der Waals surface area contributed by atoms with Crippen LogP contribution in [0, 0.1) is 5.82 Å². The molecule has 1 saturated heterocycles. The van der Waals surface area contributed by atoms with Crippen molar-refractivity contribution in [1.29, 1.82) is 0 Å². The highest BCUT2D eigenvalue weighted by molar-refractivity contribution is 5.94. The third kappa shape index (κ3) is 4.69. The zero-order valence-electron chi connectivity index (χ0n) is 16.0. The van der Waals surface area contributed by atoms with Crippen molar-refractivity contribution in [3.05, 3.63) is 65.7 Å². The maximum absolute atomic E-state index is 12.9. The van der Waals surface area contributed by atoms with E-state index in [1.807, 2.05) is 0 Å². The van der Waals surface area contributed by atoms with Crippen LogP contribution in [0.3, 0.4) is 0 Å². The van der Waals surface area contributed by atoms with Crippen LogP contribution in [0.4, 0.5) is 10.1 Å². The average Bonchev–Trinajstić information content (AvgIpc) is 3.24. The minimum absolute atomic E-state index is 0.0477. The van der Waals surface area contributed by atoms with Gasteiger partial charge in [-0.1, -0.05) is 5.16 Å². The molecule has 2 heterocycles. The van der Waals surface area contributed by atoms with E-state index in [0.29, 0.717) is 43.1 Å². The molecule has 0 aliphatic carbocycles. The van der Waals surface area contributed by atoms with E-state index in [2.05, 4.69) is 15.5 Å². The zero-order chi connectivity index (χ0) is 20.9. The normalized spacial score (nSPS) is 13.8. The van der Waals surface area contributed by atoms with E-state index in [1.165, 1.54) is 24.3 Å². The molecule has 0 spiro atoms. The summed E-state index contributed by atoms with van der Waals surface area (Å²) in [5.74, 6) is -0.301. The lowest BCUT2D eigenvalue weighted by atomic mass is 10.1. The van der Waals surface area contributed by atoms with E-state index in [0.717, 1.165) is 0 Å². The van der Waals surface area contributed by atoms with Crippen LogP contribution in [0.25, 0.3) is 11.5 Å². The largest absolute Gasteiger partial charge is 0.378 e. The summed E-state index contributed by atoms with van der Waals surface area (Å²) in [6.45, 7) is 2.24. The second-order valence-electron chi connectivity index (χ2n) is 6.73. The summed E-state index contributed by atoms with van der Waals surface area (Å²) in [6.07, 6.45) is -0.0888. The second-order valence-corrected chi connectivity index (χ2v) is 6.73. The van der Waals surface area contributed by atoms with Crippen molar-refractivity contribution in [2.24, 2.45) is 0 Å². The van der Waals surface area contributed by atoms with Crippen LogP contribution >= 0.6 is 0 Å². The van der Waals surface area contributed by atoms with E-state index in [9.17, 15) is 14.0 Å². The number of anilines is 1. The SMILES string of the molecule is O=C(Cc1noc(-c2ccc(C(=O)N3CCOCC3)cc2)n1)Nc1ccc(F)cc1. The van der Waals surface area contributed by atoms with Crippen LogP contribution < -0.4 is 5.32 Å². The van der Waals surface area contributed by atoms with Gasteiger partial charge in [0, 0.05) is 29.9 Å². The van der Waals surface area contributed by atoms with Crippen molar-refractivity contribution in [2.75, 3.05) is 31.6 Å². The molecule has 1 aliphatic heterocycles. The number of hydrogen-bond donors (Lipinski definition) is 1. The second kappa shape index (κ2) is 8.83. The number of nitrogens with zero attached hydrogens (tertiary/aromatic N) is 3. The first kappa shape index (κ1) is 19.7. The number of halogens is 1. The maximum atomic E-state index is 12.9. The Balaban J connectivity index is 1.37. The van der Waals surface area contributed by atoms with Gasteiger partial charge in [-0.3, -0.25) is 9.59 Å². The number of benzene rings is 2. The Bertz CT molecular complexity index is 1030.